The van der Waals surface area contributed by atoms with E-state index < -0.39 is 5.60 Å². The summed E-state index contributed by atoms with van der Waals surface area (Å²) in [5, 5.41) is 10.7. The molecule has 0 bridgehead atoms. The SMILES string of the molecule is CCOc1ccc(C2(O)CCOC(CC)C2)cc1. The van der Waals surface area contributed by atoms with Crippen LogP contribution in [0.1, 0.15) is 38.7 Å². The third kappa shape index (κ3) is 2.85. The van der Waals surface area contributed by atoms with E-state index in [-0.39, 0.29) is 6.10 Å². The van der Waals surface area contributed by atoms with Crippen molar-refractivity contribution in [2.45, 2.75) is 44.8 Å². The van der Waals surface area contributed by atoms with E-state index in [2.05, 4.69) is 6.92 Å². The van der Waals surface area contributed by atoms with Gasteiger partial charge in [-0.1, -0.05) is 19.1 Å². The van der Waals surface area contributed by atoms with Gasteiger partial charge >= 0.3 is 0 Å². The van der Waals surface area contributed by atoms with E-state index in [1.807, 2.05) is 31.2 Å². The van der Waals surface area contributed by atoms with Gasteiger partial charge in [0.05, 0.1) is 24.9 Å². The van der Waals surface area contributed by atoms with Crippen LogP contribution in [0.4, 0.5) is 0 Å². The maximum atomic E-state index is 10.7. The van der Waals surface area contributed by atoms with Gasteiger partial charge in [0.2, 0.25) is 0 Å². The van der Waals surface area contributed by atoms with Crippen LogP contribution in [0.2, 0.25) is 0 Å². The van der Waals surface area contributed by atoms with E-state index in [9.17, 15) is 5.11 Å². The zero-order valence-corrected chi connectivity index (χ0v) is 11.2. The second kappa shape index (κ2) is 5.72. The van der Waals surface area contributed by atoms with Crippen molar-refractivity contribution in [3.8, 4) is 5.75 Å². The number of hydrogen-bond donors (Lipinski definition) is 1. The Morgan fingerprint density at radius 3 is 2.67 bits per heavy atom. The first-order valence-electron chi connectivity index (χ1n) is 6.75. The first-order chi connectivity index (χ1) is 8.68. The van der Waals surface area contributed by atoms with E-state index in [0.29, 0.717) is 26.1 Å². The van der Waals surface area contributed by atoms with Crippen molar-refractivity contribution in [3.63, 3.8) is 0 Å². The van der Waals surface area contributed by atoms with Crippen molar-refractivity contribution in [1.82, 2.24) is 0 Å². The molecule has 2 rings (SSSR count). The second-order valence-electron chi connectivity index (χ2n) is 4.84. The lowest BCUT2D eigenvalue weighted by atomic mass is 9.83. The summed E-state index contributed by atoms with van der Waals surface area (Å²) in [5.74, 6) is 0.851. The number of aliphatic hydroxyl groups is 1. The summed E-state index contributed by atoms with van der Waals surface area (Å²) < 4.78 is 11.0. The third-order valence-electron chi connectivity index (χ3n) is 3.59. The predicted molar refractivity (Wildman–Crippen MR) is 70.8 cm³/mol. The van der Waals surface area contributed by atoms with Gasteiger partial charge in [0.1, 0.15) is 5.75 Å². The van der Waals surface area contributed by atoms with Crippen LogP contribution in [0.15, 0.2) is 24.3 Å². The van der Waals surface area contributed by atoms with E-state index in [1.165, 1.54) is 0 Å². The molecule has 18 heavy (non-hydrogen) atoms. The molecule has 0 aliphatic carbocycles. The largest absolute Gasteiger partial charge is 0.494 e. The third-order valence-corrected chi connectivity index (χ3v) is 3.59. The van der Waals surface area contributed by atoms with E-state index in [1.54, 1.807) is 0 Å². The van der Waals surface area contributed by atoms with Gasteiger partial charge in [-0.15, -0.1) is 0 Å². The fourth-order valence-corrected chi connectivity index (χ4v) is 2.48. The summed E-state index contributed by atoms with van der Waals surface area (Å²) in [6.07, 6.45) is 2.45. The topological polar surface area (TPSA) is 38.7 Å². The maximum absolute atomic E-state index is 10.7. The average Bonchev–Trinajstić information content (AvgIpc) is 2.40. The number of rotatable bonds is 4. The zero-order valence-electron chi connectivity index (χ0n) is 11.2. The highest BCUT2D eigenvalue weighted by Gasteiger charge is 2.35. The average molecular weight is 250 g/mol. The standard InChI is InChI=1S/C15H22O3/c1-3-13-11-15(16,9-10-18-13)12-5-7-14(8-6-12)17-4-2/h5-8,13,16H,3-4,9-11H2,1-2H3. The summed E-state index contributed by atoms with van der Waals surface area (Å²) >= 11 is 0. The van der Waals surface area contributed by atoms with Crippen molar-refractivity contribution < 1.29 is 14.6 Å². The Morgan fingerprint density at radius 2 is 2.06 bits per heavy atom. The molecule has 1 aromatic carbocycles. The van der Waals surface area contributed by atoms with Crippen LogP contribution in [0, 0.1) is 0 Å². The van der Waals surface area contributed by atoms with Gasteiger partial charge in [0, 0.05) is 12.8 Å². The molecule has 2 atom stereocenters. The summed E-state index contributed by atoms with van der Waals surface area (Å²) in [5.41, 5.74) is 0.219. The lowest BCUT2D eigenvalue weighted by Gasteiger charge is -2.37. The molecule has 1 aromatic rings. The molecule has 2 unspecified atom stereocenters. The van der Waals surface area contributed by atoms with Crippen LogP contribution >= 0.6 is 0 Å². The molecule has 0 saturated carbocycles. The Morgan fingerprint density at radius 1 is 1.33 bits per heavy atom. The minimum absolute atomic E-state index is 0.162. The Kier molecular flexibility index (Phi) is 4.25. The van der Waals surface area contributed by atoms with Crippen LogP contribution in [-0.4, -0.2) is 24.4 Å². The summed E-state index contributed by atoms with van der Waals surface area (Å²) in [6.45, 7) is 5.35. The zero-order chi connectivity index (χ0) is 13.0. The van der Waals surface area contributed by atoms with Gasteiger partial charge in [-0.05, 0) is 31.0 Å². The molecule has 1 saturated heterocycles. The smallest absolute Gasteiger partial charge is 0.119 e. The van der Waals surface area contributed by atoms with Crippen LogP contribution in [-0.2, 0) is 10.3 Å². The molecule has 0 amide bonds. The summed E-state index contributed by atoms with van der Waals surface area (Å²) in [4.78, 5) is 0. The van der Waals surface area contributed by atoms with Crippen molar-refractivity contribution in [1.29, 1.82) is 0 Å². The van der Waals surface area contributed by atoms with Crippen molar-refractivity contribution in [3.05, 3.63) is 29.8 Å². The monoisotopic (exact) mass is 250 g/mol. The number of hydrogen-bond acceptors (Lipinski definition) is 3. The van der Waals surface area contributed by atoms with Crippen LogP contribution in [0.5, 0.6) is 5.75 Å². The minimum atomic E-state index is -0.746. The minimum Gasteiger partial charge on any atom is -0.494 e. The number of benzene rings is 1. The van der Waals surface area contributed by atoms with Crippen molar-refractivity contribution in [2.24, 2.45) is 0 Å². The van der Waals surface area contributed by atoms with E-state index in [4.69, 9.17) is 9.47 Å². The molecule has 0 radical (unpaired) electrons. The molecule has 1 aliphatic heterocycles. The van der Waals surface area contributed by atoms with Crippen LogP contribution in [0.3, 0.4) is 0 Å². The van der Waals surface area contributed by atoms with Gasteiger partial charge in [-0.3, -0.25) is 0 Å². The van der Waals surface area contributed by atoms with Crippen molar-refractivity contribution >= 4 is 0 Å². The van der Waals surface area contributed by atoms with Gasteiger partial charge in [0.15, 0.2) is 0 Å². The van der Waals surface area contributed by atoms with Crippen LogP contribution < -0.4 is 4.74 Å². The number of ether oxygens (including phenoxy) is 2. The lowest BCUT2D eigenvalue weighted by molar-refractivity contribution is -0.108. The maximum Gasteiger partial charge on any atom is 0.119 e. The highest BCUT2D eigenvalue weighted by Crippen LogP contribution is 2.36. The highest BCUT2D eigenvalue weighted by atomic mass is 16.5. The first-order valence-corrected chi connectivity index (χ1v) is 6.75. The van der Waals surface area contributed by atoms with E-state index >= 15 is 0 Å². The summed E-state index contributed by atoms with van der Waals surface area (Å²) in [6, 6.07) is 7.77. The normalized spacial score (nSPS) is 28.1. The van der Waals surface area contributed by atoms with Gasteiger partial charge in [-0.25, -0.2) is 0 Å². The lowest BCUT2D eigenvalue weighted by Crippen LogP contribution is -2.38. The molecule has 3 nitrogen and oxygen atoms in total. The molecule has 0 aromatic heterocycles. The molecule has 1 heterocycles. The summed E-state index contributed by atoms with van der Waals surface area (Å²) in [7, 11) is 0. The fraction of sp³-hybridized carbons (Fsp3) is 0.600. The van der Waals surface area contributed by atoms with E-state index in [0.717, 1.165) is 17.7 Å². The molecule has 3 heteroatoms. The molecular formula is C15H22O3. The molecule has 1 fully saturated rings. The molecule has 1 N–H and O–H groups in total. The first kappa shape index (κ1) is 13.4. The second-order valence-corrected chi connectivity index (χ2v) is 4.84. The molecule has 100 valence electrons. The quantitative estimate of drug-likeness (QED) is 0.893. The Balaban J connectivity index is 2.13. The fourth-order valence-electron chi connectivity index (χ4n) is 2.48. The molecule has 0 spiro atoms. The Hall–Kier alpha value is -1.06. The van der Waals surface area contributed by atoms with Gasteiger partial charge in [-0.2, -0.15) is 0 Å². The van der Waals surface area contributed by atoms with Gasteiger partial charge < -0.3 is 14.6 Å². The predicted octanol–water partition coefficient (Wildman–Crippen LogP) is 2.86. The molecule has 1 aliphatic rings. The van der Waals surface area contributed by atoms with Crippen LogP contribution in [0.25, 0.3) is 0 Å². The molecular weight excluding hydrogens is 228 g/mol. The Bertz CT molecular complexity index is 374. The Labute approximate surface area is 109 Å². The van der Waals surface area contributed by atoms with Crippen molar-refractivity contribution in [2.75, 3.05) is 13.2 Å². The highest BCUT2D eigenvalue weighted by molar-refractivity contribution is 5.31. The van der Waals surface area contributed by atoms with Gasteiger partial charge in [0.25, 0.3) is 0 Å².